The summed E-state index contributed by atoms with van der Waals surface area (Å²) in [6, 6.07) is 2.79. The Morgan fingerprint density at radius 3 is 2.86 bits per heavy atom. The molecule has 5 heteroatoms. The van der Waals surface area contributed by atoms with Gasteiger partial charge in [0.15, 0.2) is 6.29 Å². The van der Waals surface area contributed by atoms with Gasteiger partial charge in [-0.15, -0.1) is 4.80 Å². The molecule has 0 fully saturated rings. The number of carbonyl (C=O) groups excluding carboxylic acids is 1. The molecule has 0 saturated carbocycles. The van der Waals surface area contributed by atoms with Crippen LogP contribution in [0.3, 0.4) is 0 Å². The van der Waals surface area contributed by atoms with Crippen LogP contribution in [0, 0.1) is 6.85 Å². The predicted octanol–water partition coefficient (Wildman–Crippen LogP) is 0.783. The maximum atomic E-state index is 10.9. The zero-order chi connectivity index (χ0) is 12.5. The van der Waals surface area contributed by atoms with Gasteiger partial charge in [0.1, 0.15) is 11.4 Å². The van der Waals surface area contributed by atoms with E-state index in [9.17, 15) is 4.79 Å². The van der Waals surface area contributed by atoms with E-state index >= 15 is 0 Å². The number of aromatic nitrogens is 4. The van der Waals surface area contributed by atoms with Gasteiger partial charge in [0.2, 0.25) is 0 Å². The molecule has 0 aliphatic carbocycles. The lowest BCUT2D eigenvalue weighted by Crippen LogP contribution is -2.05. The van der Waals surface area contributed by atoms with Gasteiger partial charge in [-0.05, 0) is 19.0 Å². The van der Waals surface area contributed by atoms with Crippen molar-refractivity contribution in [1.29, 1.82) is 0 Å². The molecule has 0 unspecified atom stereocenters. The molecule has 0 saturated heterocycles. The summed E-state index contributed by atoms with van der Waals surface area (Å²) in [6.07, 6.45) is 3.38. The number of nitrogens with zero attached hydrogens (tertiary/aromatic N) is 4. The van der Waals surface area contributed by atoms with E-state index < -0.39 is 6.85 Å². The Bertz CT molecular complexity index is 536. The maximum absolute atomic E-state index is 10.9. The Morgan fingerprint density at radius 1 is 1.43 bits per heavy atom. The van der Waals surface area contributed by atoms with Crippen LogP contribution in [0.15, 0.2) is 24.5 Å². The second kappa shape index (κ2) is 3.37. The molecule has 0 N–H and O–H groups in total. The number of pyridine rings is 1. The highest BCUT2D eigenvalue weighted by molar-refractivity contribution is 5.77. The van der Waals surface area contributed by atoms with Gasteiger partial charge in [-0.1, -0.05) is 0 Å². The molecule has 14 heavy (non-hydrogen) atoms. The highest BCUT2D eigenvalue weighted by Crippen LogP contribution is 2.08. The van der Waals surface area contributed by atoms with Gasteiger partial charge in [0, 0.05) is 9.81 Å². The molecule has 0 atom stereocenters. The highest BCUT2D eigenvalue weighted by atomic mass is 16.1. The smallest absolute Gasteiger partial charge is 0.170 e. The Labute approximate surface area is 84.6 Å². The van der Waals surface area contributed by atoms with Crippen LogP contribution in [0.25, 0.3) is 5.69 Å². The molecule has 0 spiro atoms. The monoisotopic (exact) mass is 191 g/mol. The first-order valence-corrected chi connectivity index (χ1v) is 3.86. The third kappa shape index (κ3) is 1.39. The van der Waals surface area contributed by atoms with Crippen LogP contribution >= 0.6 is 0 Å². The minimum Gasteiger partial charge on any atom is -0.296 e. The Kier molecular flexibility index (Phi) is 1.36. The third-order valence-corrected chi connectivity index (χ3v) is 1.65. The fourth-order valence-electron chi connectivity index (χ4n) is 1.06. The van der Waals surface area contributed by atoms with Crippen molar-refractivity contribution >= 4 is 6.29 Å². The molecule has 0 aliphatic heterocycles. The third-order valence-electron chi connectivity index (χ3n) is 1.65. The predicted molar refractivity (Wildman–Crippen MR) is 49.3 cm³/mol. The van der Waals surface area contributed by atoms with Gasteiger partial charge < -0.3 is 0 Å². The summed E-state index contributed by atoms with van der Waals surface area (Å²) in [5, 5.41) is 7.71. The van der Waals surface area contributed by atoms with Crippen molar-refractivity contribution in [2.75, 3.05) is 0 Å². The lowest BCUT2D eigenvalue weighted by Gasteiger charge is -2.02. The first-order chi connectivity index (χ1) is 8.02. The first-order valence-electron chi connectivity index (χ1n) is 5.36. The molecule has 0 aromatic carbocycles. The molecule has 5 nitrogen and oxygen atoms in total. The Morgan fingerprint density at radius 2 is 2.21 bits per heavy atom. The van der Waals surface area contributed by atoms with Crippen molar-refractivity contribution < 1.29 is 8.91 Å². The molecule has 2 rings (SSSR count). The van der Waals surface area contributed by atoms with Crippen molar-refractivity contribution in [2.45, 2.75) is 6.85 Å². The van der Waals surface area contributed by atoms with E-state index in [0.717, 1.165) is 0 Å². The van der Waals surface area contributed by atoms with Gasteiger partial charge >= 0.3 is 0 Å². The van der Waals surface area contributed by atoms with E-state index in [0.29, 0.717) is 12.0 Å². The summed E-state index contributed by atoms with van der Waals surface area (Å²) in [5.74, 6) is 0. The zero-order valence-corrected chi connectivity index (χ0v) is 7.08. The van der Waals surface area contributed by atoms with Crippen molar-refractivity contribution in [3.8, 4) is 5.69 Å². The van der Waals surface area contributed by atoms with Crippen LogP contribution in [0.2, 0.25) is 0 Å². The molecule has 0 amide bonds. The average molecular weight is 191 g/mol. The first kappa shape index (κ1) is 5.64. The van der Waals surface area contributed by atoms with E-state index in [1.165, 1.54) is 29.3 Å². The van der Waals surface area contributed by atoms with E-state index in [1.54, 1.807) is 0 Å². The largest absolute Gasteiger partial charge is 0.296 e. The number of hydrogen-bond acceptors (Lipinski definition) is 4. The number of carbonyl (C=O) groups is 1. The quantitative estimate of drug-likeness (QED) is 0.658. The van der Waals surface area contributed by atoms with Crippen LogP contribution in [-0.2, 0) is 0 Å². The number of hydrogen-bond donors (Lipinski definition) is 0. The molecule has 2 heterocycles. The summed E-state index contributed by atoms with van der Waals surface area (Å²) in [7, 11) is 0. The summed E-state index contributed by atoms with van der Waals surface area (Å²) in [5.41, 5.74) is 0.211. The average Bonchev–Trinajstić information content (AvgIpc) is 2.80. The molecule has 0 aliphatic rings. The summed E-state index contributed by atoms with van der Waals surface area (Å²) < 4.78 is 21.6. The lowest BCUT2D eigenvalue weighted by molar-refractivity contribution is 0.111. The minimum absolute atomic E-state index is 0.00479. The van der Waals surface area contributed by atoms with Gasteiger partial charge in [-0.3, -0.25) is 4.79 Å². The van der Waals surface area contributed by atoms with Crippen molar-refractivity contribution in [1.82, 2.24) is 20.0 Å². The molecule has 0 bridgehead atoms. The van der Waals surface area contributed by atoms with Gasteiger partial charge in [0.25, 0.3) is 0 Å². The molecular formula is C9H8N4O. The summed E-state index contributed by atoms with van der Waals surface area (Å²) in [4.78, 5) is 15.9. The lowest BCUT2D eigenvalue weighted by atomic mass is 10.3. The van der Waals surface area contributed by atoms with Crippen LogP contribution in [-0.4, -0.2) is 26.3 Å². The van der Waals surface area contributed by atoms with Gasteiger partial charge in [0.05, 0.1) is 12.4 Å². The van der Waals surface area contributed by atoms with E-state index in [2.05, 4.69) is 15.2 Å². The fourth-order valence-corrected chi connectivity index (χ4v) is 1.06. The molecule has 2 aromatic rings. The minimum atomic E-state index is -2.34. The maximum Gasteiger partial charge on any atom is 0.170 e. The number of aryl methyl sites for hydroxylation is 1. The van der Waals surface area contributed by atoms with Crippen LogP contribution in [0.5, 0.6) is 0 Å². The SMILES string of the molecule is [2H]C([2H])([2H])c1ccc(-n2nccn2)c(C=O)n1. The normalized spacial score (nSPS) is 14.1. The van der Waals surface area contributed by atoms with Crippen molar-refractivity contribution in [2.24, 2.45) is 0 Å². The van der Waals surface area contributed by atoms with Crippen LogP contribution in [0.4, 0.5) is 0 Å². The van der Waals surface area contributed by atoms with E-state index in [1.807, 2.05) is 0 Å². The second-order valence-electron chi connectivity index (χ2n) is 2.54. The number of aldehydes is 1. The fraction of sp³-hybridized carbons (Fsp3) is 0.111. The van der Waals surface area contributed by atoms with Crippen molar-refractivity contribution in [3.05, 3.63) is 35.9 Å². The molecule has 0 radical (unpaired) electrons. The zero-order valence-electron chi connectivity index (χ0n) is 10.1. The van der Waals surface area contributed by atoms with Gasteiger partial charge in [-0.25, -0.2) is 4.98 Å². The molecule has 70 valence electrons. The van der Waals surface area contributed by atoms with E-state index in [4.69, 9.17) is 4.11 Å². The topological polar surface area (TPSA) is 60.7 Å². The highest BCUT2D eigenvalue weighted by Gasteiger charge is 2.06. The Balaban J connectivity index is 2.54. The van der Waals surface area contributed by atoms with Crippen LogP contribution in [0.1, 0.15) is 20.3 Å². The van der Waals surface area contributed by atoms with Crippen molar-refractivity contribution in [3.63, 3.8) is 0 Å². The standard InChI is InChI=1S/C9H8N4O/c1-7-2-3-9(8(6-14)12-7)13-10-4-5-11-13/h2-6H,1H3/i1D3. The summed E-state index contributed by atoms with van der Waals surface area (Å²) >= 11 is 0. The molecular weight excluding hydrogens is 180 g/mol. The molecule has 2 aromatic heterocycles. The number of rotatable bonds is 2. The van der Waals surface area contributed by atoms with Crippen LogP contribution < -0.4 is 0 Å². The second-order valence-corrected chi connectivity index (χ2v) is 2.54. The summed E-state index contributed by atoms with van der Waals surface area (Å²) in [6.45, 7) is -2.34. The van der Waals surface area contributed by atoms with Gasteiger partial charge in [-0.2, -0.15) is 10.2 Å². The Hall–Kier alpha value is -2.04. The van der Waals surface area contributed by atoms with E-state index in [-0.39, 0.29) is 11.4 Å².